The molecule has 0 unspecified atom stereocenters. The molecule has 0 radical (unpaired) electrons. The Bertz CT molecular complexity index is 295. The second-order valence-electron chi connectivity index (χ2n) is 5.01. The van der Waals surface area contributed by atoms with Crippen LogP contribution >= 0.6 is 0 Å². The fourth-order valence-electron chi connectivity index (χ4n) is 1.24. The van der Waals surface area contributed by atoms with E-state index in [0.29, 0.717) is 25.7 Å². The van der Waals surface area contributed by atoms with Crippen molar-refractivity contribution in [2.24, 2.45) is 5.92 Å². The van der Waals surface area contributed by atoms with Crippen LogP contribution in [0, 0.1) is 5.92 Å². The molecule has 0 spiro atoms. The van der Waals surface area contributed by atoms with Crippen molar-refractivity contribution in [3.8, 4) is 0 Å². The van der Waals surface area contributed by atoms with Gasteiger partial charge in [0, 0.05) is 6.54 Å². The topological polar surface area (TPSA) is 92.7 Å². The quantitative estimate of drug-likeness (QED) is 0.411. The number of amides is 1. The molecule has 18 heavy (non-hydrogen) atoms. The molecule has 6 nitrogen and oxygen atoms in total. The molecule has 0 fully saturated rings. The Morgan fingerprint density at radius 3 is 2.39 bits per heavy atom. The minimum absolute atomic E-state index is 0.287. The summed E-state index contributed by atoms with van der Waals surface area (Å²) in [5.74, 6) is -2.06. The monoisotopic (exact) mass is 259 g/mol. The van der Waals surface area contributed by atoms with Crippen LogP contribution in [0.15, 0.2) is 0 Å². The van der Waals surface area contributed by atoms with Crippen LogP contribution in [0.25, 0.3) is 0 Å². The first-order valence-corrected chi connectivity index (χ1v) is 5.91. The fraction of sp³-hybridized carbons (Fsp3) is 0.750. The molecule has 104 valence electrons. The standard InChI is InChI=1S/C12H21NO5/c1-12(2,3)18-11(17)13-7-5-4-6-9(8-14)10(15)16/h8-9H,4-7H2,1-3H3,(H,13,17)(H,15,16)/t9-/m1/s1. The van der Waals surface area contributed by atoms with Crippen molar-refractivity contribution in [1.29, 1.82) is 0 Å². The molecule has 0 heterocycles. The third-order valence-corrected chi connectivity index (χ3v) is 2.09. The molecule has 0 aromatic heterocycles. The van der Waals surface area contributed by atoms with Gasteiger partial charge in [0.15, 0.2) is 0 Å². The second-order valence-corrected chi connectivity index (χ2v) is 5.01. The zero-order chi connectivity index (χ0) is 14.2. The number of carboxylic acid groups (broad SMARTS) is 1. The molecule has 1 amide bonds. The lowest BCUT2D eigenvalue weighted by Gasteiger charge is -2.19. The Morgan fingerprint density at radius 2 is 1.94 bits per heavy atom. The summed E-state index contributed by atoms with van der Waals surface area (Å²) in [6.45, 7) is 5.72. The predicted octanol–water partition coefficient (Wildman–Crippen LogP) is 1.58. The van der Waals surface area contributed by atoms with Crippen molar-refractivity contribution in [1.82, 2.24) is 5.32 Å². The van der Waals surface area contributed by atoms with Gasteiger partial charge in [-0.1, -0.05) is 6.42 Å². The maximum Gasteiger partial charge on any atom is 0.407 e. The molecule has 1 atom stereocenters. The van der Waals surface area contributed by atoms with Crippen molar-refractivity contribution in [2.45, 2.75) is 45.6 Å². The average Bonchev–Trinajstić information content (AvgIpc) is 2.20. The number of alkyl carbamates (subject to hydrolysis) is 1. The minimum Gasteiger partial charge on any atom is -0.481 e. The number of rotatable bonds is 7. The molecular formula is C12H21NO5. The van der Waals surface area contributed by atoms with E-state index in [1.54, 1.807) is 20.8 Å². The lowest BCUT2D eigenvalue weighted by molar-refractivity contribution is -0.143. The molecule has 0 rings (SSSR count). The number of carbonyl (C=O) groups excluding carboxylic acids is 2. The van der Waals surface area contributed by atoms with Crippen molar-refractivity contribution < 1.29 is 24.2 Å². The van der Waals surface area contributed by atoms with Gasteiger partial charge < -0.3 is 20.0 Å². The lowest BCUT2D eigenvalue weighted by Crippen LogP contribution is -2.33. The molecule has 0 bridgehead atoms. The first kappa shape index (κ1) is 16.4. The first-order chi connectivity index (χ1) is 8.26. The number of aldehydes is 1. The van der Waals surface area contributed by atoms with E-state index in [0.717, 1.165) is 0 Å². The third kappa shape index (κ3) is 8.55. The predicted molar refractivity (Wildman–Crippen MR) is 65.3 cm³/mol. The van der Waals surface area contributed by atoms with E-state index in [4.69, 9.17) is 9.84 Å². The normalized spacial score (nSPS) is 12.6. The number of ether oxygens (including phenoxy) is 1. The molecule has 0 saturated carbocycles. The van der Waals surface area contributed by atoms with Gasteiger partial charge in [-0.25, -0.2) is 4.79 Å². The highest BCUT2D eigenvalue weighted by Gasteiger charge is 2.16. The van der Waals surface area contributed by atoms with E-state index in [2.05, 4.69) is 5.32 Å². The van der Waals surface area contributed by atoms with Crippen LogP contribution in [0.5, 0.6) is 0 Å². The maximum absolute atomic E-state index is 11.2. The number of carboxylic acids is 1. The van der Waals surface area contributed by atoms with Crippen molar-refractivity contribution >= 4 is 18.3 Å². The number of aliphatic carboxylic acids is 1. The van der Waals surface area contributed by atoms with Gasteiger partial charge in [0.05, 0.1) is 0 Å². The average molecular weight is 259 g/mol. The Kier molecular flexibility index (Phi) is 7.00. The summed E-state index contributed by atoms with van der Waals surface area (Å²) >= 11 is 0. The van der Waals surface area contributed by atoms with Crippen LogP contribution in [0.3, 0.4) is 0 Å². The third-order valence-electron chi connectivity index (χ3n) is 2.09. The molecule has 0 aromatic carbocycles. The molecule has 2 N–H and O–H groups in total. The largest absolute Gasteiger partial charge is 0.481 e. The summed E-state index contributed by atoms with van der Waals surface area (Å²) in [5, 5.41) is 11.2. The SMILES string of the molecule is CC(C)(C)OC(=O)NCCCC[C@H](C=O)C(=O)O. The summed E-state index contributed by atoms with van der Waals surface area (Å²) < 4.78 is 5.02. The number of nitrogens with one attached hydrogen (secondary N) is 1. The van der Waals surface area contributed by atoms with Gasteiger partial charge in [0.1, 0.15) is 17.8 Å². The number of carbonyl (C=O) groups is 3. The molecule has 0 aliphatic carbocycles. The first-order valence-electron chi connectivity index (χ1n) is 5.91. The van der Waals surface area contributed by atoms with Crippen LogP contribution in [0.4, 0.5) is 4.79 Å². The molecule has 0 aliphatic heterocycles. The molecule has 0 aliphatic rings. The number of hydrogen-bond donors (Lipinski definition) is 2. The molecule has 0 aromatic rings. The summed E-state index contributed by atoms with van der Waals surface area (Å²) in [7, 11) is 0. The van der Waals surface area contributed by atoms with Gasteiger partial charge in [-0.15, -0.1) is 0 Å². The summed E-state index contributed by atoms with van der Waals surface area (Å²) in [6, 6.07) is 0. The minimum atomic E-state index is -1.11. The summed E-state index contributed by atoms with van der Waals surface area (Å²) in [6.07, 6.45) is 1.40. The van der Waals surface area contributed by atoms with Crippen LogP contribution in [-0.2, 0) is 14.3 Å². The highest BCUT2D eigenvalue weighted by Crippen LogP contribution is 2.07. The van der Waals surface area contributed by atoms with Gasteiger partial charge in [-0.2, -0.15) is 0 Å². The van der Waals surface area contributed by atoms with Crippen LogP contribution in [-0.4, -0.2) is 35.6 Å². The molecule has 6 heteroatoms. The van der Waals surface area contributed by atoms with Gasteiger partial charge in [0.25, 0.3) is 0 Å². The Hall–Kier alpha value is -1.59. The summed E-state index contributed by atoms with van der Waals surface area (Å²) in [4.78, 5) is 32.2. The van der Waals surface area contributed by atoms with Crippen molar-refractivity contribution in [2.75, 3.05) is 6.54 Å². The molecule has 0 saturated heterocycles. The van der Waals surface area contributed by atoms with Gasteiger partial charge in [-0.3, -0.25) is 4.79 Å². The highest BCUT2D eigenvalue weighted by atomic mass is 16.6. The van der Waals surface area contributed by atoms with E-state index < -0.39 is 23.6 Å². The second kappa shape index (κ2) is 7.68. The Morgan fingerprint density at radius 1 is 1.33 bits per heavy atom. The zero-order valence-electron chi connectivity index (χ0n) is 11.1. The van der Waals surface area contributed by atoms with Gasteiger partial charge in [0.2, 0.25) is 0 Å². The van der Waals surface area contributed by atoms with Gasteiger partial charge in [-0.05, 0) is 33.6 Å². The van der Waals surface area contributed by atoms with Gasteiger partial charge >= 0.3 is 12.1 Å². The summed E-state index contributed by atoms with van der Waals surface area (Å²) in [5.41, 5.74) is -0.532. The number of unbranched alkanes of at least 4 members (excludes halogenated alkanes) is 1. The Labute approximate surface area is 107 Å². The van der Waals surface area contributed by atoms with E-state index in [1.165, 1.54) is 0 Å². The van der Waals surface area contributed by atoms with Crippen LogP contribution < -0.4 is 5.32 Å². The van der Waals surface area contributed by atoms with E-state index >= 15 is 0 Å². The number of hydrogen-bond acceptors (Lipinski definition) is 4. The van der Waals surface area contributed by atoms with Crippen LogP contribution in [0.1, 0.15) is 40.0 Å². The highest BCUT2D eigenvalue weighted by molar-refractivity contribution is 5.86. The van der Waals surface area contributed by atoms with E-state index in [-0.39, 0.29) is 6.42 Å². The van der Waals surface area contributed by atoms with Crippen LogP contribution in [0.2, 0.25) is 0 Å². The zero-order valence-corrected chi connectivity index (χ0v) is 11.1. The van der Waals surface area contributed by atoms with Crippen molar-refractivity contribution in [3.63, 3.8) is 0 Å². The fourth-order valence-corrected chi connectivity index (χ4v) is 1.24. The van der Waals surface area contributed by atoms with E-state index in [9.17, 15) is 14.4 Å². The molecular weight excluding hydrogens is 238 g/mol. The lowest BCUT2D eigenvalue weighted by atomic mass is 10.0. The van der Waals surface area contributed by atoms with Crippen molar-refractivity contribution in [3.05, 3.63) is 0 Å². The maximum atomic E-state index is 11.2. The smallest absolute Gasteiger partial charge is 0.407 e. The Balaban J connectivity index is 3.65. The van der Waals surface area contributed by atoms with E-state index in [1.807, 2.05) is 0 Å².